The Bertz CT molecular complexity index is 191. The lowest BCUT2D eigenvalue weighted by atomic mass is 10.1. The van der Waals surface area contributed by atoms with Crippen LogP contribution in [0.4, 0.5) is 0 Å². The summed E-state index contributed by atoms with van der Waals surface area (Å²) in [6, 6.07) is 0.401. The number of hydrogen-bond acceptors (Lipinski definition) is 3. The molecule has 4 heteroatoms. The number of amides is 1. The molecule has 88 valence electrons. The minimum absolute atomic E-state index is 0.188. The Hall–Kier alpha value is -0.0900. The summed E-state index contributed by atoms with van der Waals surface area (Å²) in [5.74, 6) is 0.664. The molecule has 0 aliphatic heterocycles. The van der Waals surface area contributed by atoms with Gasteiger partial charge in [-0.3, -0.25) is 4.79 Å². The Morgan fingerprint density at radius 2 is 1.93 bits per heavy atom. The normalized spacial score (nSPS) is 10.4. The van der Waals surface area contributed by atoms with Crippen molar-refractivity contribution in [1.82, 2.24) is 4.90 Å². The molecule has 0 spiro atoms. The quantitative estimate of drug-likeness (QED) is 0.615. The minimum Gasteiger partial charge on any atom is -0.342 e. The van der Waals surface area contributed by atoms with Crippen molar-refractivity contribution in [1.29, 1.82) is 0 Å². The van der Waals surface area contributed by atoms with Gasteiger partial charge in [0.05, 0.1) is 5.75 Å². The predicted molar refractivity (Wildman–Crippen MR) is 72.5 cm³/mol. The van der Waals surface area contributed by atoms with E-state index in [2.05, 4.69) is 13.8 Å². The van der Waals surface area contributed by atoms with Gasteiger partial charge in [0.15, 0.2) is 0 Å². The molecular weight excluding hydrogens is 226 g/mol. The molecule has 0 saturated carbocycles. The van der Waals surface area contributed by atoms with Crippen LogP contribution in [-0.2, 0) is 4.79 Å². The first-order valence-corrected chi connectivity index (χ1v) is 7.00. The molecule has 0 aromatic rings. The molecule has 15 heavy (non-hydrogen) atoms. The molecule has 0 rings (SSSR count). The number of hydrogen-bond donors (Lipinski definition) is 0. The lowest BCUT2D eigenvalue weighted by molar-refractivity contribution is -0.129. The first-order valence-electron chi connectivity index (χ1n) is 5.48. The second-order valence-corrected chi connectivity index (χ2v) is 5.03. The molecule has 0 bridgehead atoms. The summed E-state index contributed by atoms with van der Waals surface area (Å²) >= 11 is 6.09. The van der Waals surface area contributed by atoms with Gasteiger partial charge in [-0.05, 0) is 12.8 Å². The van der Waals surface area contributed by atoms with E-state index in [-0.39, 0.29) is 5.91 Å². The third-order valence-electron chi connectivity index (χ3n) is 2.46. The van der Waals surface area contributed by atoms with Crippen LogP contribution in [0.1, 0.15) is 39.5 Å². The van der Waals surface area contributed by atoms with Gasteiger partial charge in [-0.2, -0.15) is 0 Å². The highest BCUT2D eigenvalue weighted by Gasteiger charge is 2.17. The standard InChI is InChI=1S/C11H21NOS2/c1-4-6-10(7-5-2)12(3)11(13)8-15-9-14/h9-10H,4-8H2,1-3H3. The Labute approximate surface area is 103 Å². The molecule has 2 nitrogen and oxygen atoms in total. The van der Waals surface area contributed by atoms with Crippen molar-refractivity contribution in [3.05, 3.63) is 0 Å². The summed E-state index contributed by atoms with van der Waals surface area (Å²) in [6.45, 7) is 4.32. The maximum absolute atomic E-state index is 11.7. The van der Waals surface area contributed by atoms with Gasteiger partial charge in [-0.25, -0.2) is 0 Å². The zero-order chi connectivity index (χ0) is 11.7. The Morgan fingerprint density at radius 1 is 1.40 bits per heavy atom. The van der Waals surface area contributed by atoms with E-state index in [9.17, 15) is 4.79 Å². The molecule has 0 radical (unpaired) electrons. The van der Waals surface area contributed by atoms with Gasteiger partial charge in [0.2, 0.25) is 5.91 Å². The Morgan fingerprint density at radius 3 is 2.33 bits per heavy atom. The van der Waals surface area contributed by atoms with E-state index in [1.807, 2.05) is 11.9 Å². The van der Waals surface area contributed by atoms with E-state index in [1.165, 1.54) is 11.8 Å². The molecule has 0 aromatic carbocycles. The van der Waals surface area contributed by atoms with Gasteiger partial charge in [0.25, 0.3) is 0 Å². The second-order valence-electron chi connectivity index (χ2n) is 3.64. The van der Waals surface area contributed by atoms with Gasteiger partial charge in [-0.1, -0.05) is 38.9 Å². The first kappa shape index (κ1) is 14.9. The van der Waals surface area contributed by atoms with Gasteiger partial charge in [-0.15, -0.1) is 11.8 Å². The van der Waals surface area contributed by atoms with Crippen molar-refractivity contribution >= 4 is 34.6 Å². The van der Waals surface area contributed by atoms with E-state index < -0.39 is 0 Å². The molecule has 0 saturated heterocycles. The highest BCUT2D eigenvalue weighted by Crippen LogP contribution is 2.13. The summed E-state index contributed by atoms with van der Waals surface area (Å²) in [6.07, 6.45) is 4.45. The smallest absolute Gasteiger partial charge is 0.232 e. The fourth-order valence-electron chi connectivity index (χ4n) is 1.61. The summed E-state index contributed by atoms with van der Waals surface area (Å²) in [5, 5.41) is 0. The van der Waals surface area contributed by atoms with Crippen molar-refractivity contribution in [3.8, 4) is 0 Å². The van der Waals surface area contributed by atoms with Gasteiger partial charge < -0.3 is 4.90 Å². The maximum atomic E-state index is 11.7. The molecule has 0 N–H and O–H groups in total. The maximum Gasteiger partial charge on any atom is 0.232 e. The second kappa shape index (κ2) is 9.16. The van der Waals surface area contributed by atoms with E-state index in [4.69, 9.17) is 12.2 Å². The van der Waals surface area contributed by atoms with Crippen LogP contribution in [0, 0.1) is 0 Å². The molecule has 0 aromatic heterocycles. The fourth-order valence-corrected chi connectivity index (χ4v) is 2.23. The molecule has 0 fully saturated rings. The van der Waals surface area contributed by atoms with Crippen LogP contribution in [0.2, 0.25) is 0 Å². The average molecular weight is 247 g/mol. The first-order chi connectivity index (χ1) is 7.17. The number of carbonyl (C=O) groups excluding carboxylic acids is 1. The monoisotopic (exact) mass is 247 g/mol. The molecule has 0 aliphatic rings. The van der Waals surface area contributed by atoms with Crippen LogP contribution in [-0.4, -0.2) is 34.3 Å². The topological polar surface area (TPSA) is 20.3 Å². The molecular formula is C11H21NOS2. The third kappa shape index (κ3) is 6.15. The van der Waals surface area contributed by atoms with Gasteiger partial charge >= 0.3 is 0 Å². The van der Waals surface area contributed by atoms with Crippen molar-refractivity contribution in [2.24, 2.45) is 0 Å². The molecule has 0 heterocycles. The average Bonchev–Trinajstić information content (AvgIpc) is 2.24. The van der Waals surface area contributed by atoms with Crippen LogP contribution in [0.3, 0.4) is 0 Å². The summed E-state index contributed by atoms with van der Waals surface area (Å²) < 4.78 is 1.56. The van der Waals surface area contributed by atoms with Crippen LogP contribution >= 0.6 is 24.0 Å². The SMILES string of the molecule is CCCC(CCC)N(C)C(=O)CSC=S. The lowest BCUT2D eigenvalue weighted by Gasteiger charge is -2.27. The van der Waals surface area contributed by atoms with E-state index in [0.717, 1.165) is 25.7 Å². The Kier molecular flexibility index (Phi) is 9.10. The molecule has 0 atom stereocenters. The minimum atomic E-state index is 0.188. The van der Waals surface area contributed by atoms with Crippen LogP contribution in [0.25, 0.3) is 0 Å². The summed E-state index contributed by atoms with van der Waals surface area (Å²) in [7, 11) is 1.91. The van der Waals surface area contributed by atoms with E-state index in [0.29, 0.717) is 11.8 Å². The fraction of sp³-hybridized carbons (Fsp3) is 0.818. The third-order valence-corrected chi connectivity index (χ3v) is 3.42. The van der Waals surface area contributed by atoms with Crippen molar-refractivity contribution in [2.75, 3.05) is 12.8 Å². The number of nitrogens with zero attached hydrogens (tertiary/aromatic N) is 1. The Balaban J connectivity index is 4.14. The van der Waals surface area contributed by atoms with Gasteiger partial charge in [0, 0.05) is 17.8 Å². The van der Waals surface area contributed by atoms with Crippen LogP contribution < -0.4 is 0 Å². The zero-order valence-corrected chi connectivity index (χ0v) is 11.5. The van der Waals surface area contributed by atoms with Crippen molar-refractivity contribution < 1.29 is 4.79 Å². The molecule has 1 amide bonds. The van der Waals surface area contributed by atoms with Crippen LogP contribution in [0.15, 0.2) is 0 Å². The highest BCUT2D eigenvalue weighted by atomic mass is 32.2. The molecule has 0 unspecified atom stereocenters. The lowest BCUT2D eigenvalue weighted by Crippen LogP contribution is -2.38. The summed E-state index contributed by atoms with van der Waals surface area (Å²) in [5.41, 5.74) is 0. The van der Waals surface area contributed by atoms with Gasteiger partial charge in [0.1, 0.15) is 0 Å². The largest absolute Gasteiger partial charge is 0.342 e. The molecule has 0 aliphatic carbocycles. The zero-order valence-electron chi connectivity index (χ0n) is 9.86. The van der Waals surface area contributed by atoms with Crippen molar-refractivity contribution in [2.45, 2.75) is 45.6 Å². The van der Waals surface area contributed by atoms with E-state index in [1.54, 1.807) is 4.70 Å². The number of rotatable bonds is 8. The highest BCUT2D eigenvalue weighted by molar-refractivity contribution is 8.21. The van der Waals surface area contributed by atoms with Crippen LogP contribution in [0.5, 0.6) is 0 Å². The number of thioether (sulfide) groups is 1. The van der Waals surface area contributed by atoms with Crippen molar-refractivity contribution in [3.63, 3.8) is 0 Å². The summed E-state index contributed by atoms with van der Waals surface area (Å²) in [4.78, 5) is 13.6. The number of thiocarbonyl (C=S) groups is 1. The van der Waals surface area contributed by atoms with E-state index >= 15 is 0 Å². The predicted octanol–water partition coefficient (Wildman–Crippen LogP) is 3.10. The number of carbonyl (C=O) groups is 1.